The third-order valence-electron chi connectivity index (χ3n) is 16.2. The molecule has 0 spiro atoms. The second-order valence-electron chi connectivity index (χ2n) is 22.7. The maximum Gasteiger partial charge on any atom is -0.0546 e. The summed E-state index contributed by atoms with van der Waals surface area (Å²) in [7, 11) is 0. The zero-order valence-electron chi connectivity index (χ0n) is 51.0. The predicted molar refractivity (Wildman–Crippen MR) is 370 cm³/mol. The summed E-state index contributed by atoms with van der Waals surface area (Å²) < 4.78 is 21.5. The first-order valence-electron chi connectivity index (χ1n) is 31.8. The number of benzene rings is 6. The maximum atomic E-state index is 6.74. The topological polar surface area (TPSA) is 24.9 Å². The number of hydrogen-bond acceptors (Lipinski definition) is 4. The average Bonchev–Trinajstić information content (AvgIpc) is 4.53. The van der Waals surface area contributed by atoms with Gasteiger partial charge in [0.25, 0.3) is 0 Å². The zero-order chi connectivity index (χ0) is 58.8. The molecule has 0 bridgehead atoms. The third kappa shape index (κ3) is 19.2. The minimum Gasteiger partial charge on any atom is -0.0561 e. The van der Waals surface area contributed by atoms with Gasteiger partial charge in [-0.05, 0) is 16.7 Å². The molecule has 0 saturated heterocycles. The second kappa shape index (κ2) is 34.6. The summed E-state index contributed by atoms with van der Waals surface area (Å²) in [6.45, 7) is 16.7. The van der Waals surface area contributed by atoms with Crippen LogP contribution in [0.5, 0.6) is 0 Å². The second-order valence-corrected chi connectivity index (χ2v) is 29.5. The van der Waals surface area contributed by atoms with Crippen molar-refractivity contribution in [3.8, 4) is 17.7 Å². The minimum atomic E-state index is 0.0384. The van der Waals surface area contributed by atoms with Gasteiger partial charge >= 0.3 is 455 Å². The van der Waals surface area contributed by atoms with E-state index in [2.05, 4.69) is 226 Å². The number of nitrogens with zero attached hydrogens (tertiary/aromatic N) is 2. The molecule has 0 fully saturated rings. The standard InChI is InChI=1S/C78H90N2O2Se3/c1-6-11-14-19-23-62-35-43-68(44-36-62)79(69-45-39-64(40-46-69)25-21-16-17-22-57-81-58-65-31-27-60(9-4)28-32-65)77-55-53-75(84-77)73-51-52-74(83-73)76-54-56-78(85-76)80(70-47-37-63(38-48-70)24-20-15-12-7-2)71-49-41-67(42-50-71)72(26-18-13-8-3)82-59-66-33-29-61(10-5)30-34-66/h9-10,27-56,72H,4-8,11-26,57-59H2,1-3H3. The van der Waals surface area contributed by atoms with Crippen LogP contribution in [0.2, 0.25) is 0 Å². The Hall–Kier alpha value is -5.68. The van der Waals surface area contributed by atoms with Crippen LogP contribution in [0.25, 0.3) is 29.9 Å². The summed E-state index contributed by atoms with van der Waals surface area (Å²) in [5, 5.41) is 0. The number of aryl methyl sites for hydroxylation is 3. The molecule has 0 amide bonds. The van der Waals surface area contributed by atoms with Crippen molar-refractivity contribution < 1.29 is 9.47 Å². The Morgan fingerprint density at radius 3 is 1.16 bits per heavy atom. The van der Waals surface area contributed by atoms with E-state index in [9.17, 15) is 0 Å². The summed E-state index contributed by atoms with van der Waals surface area (Å²) in [6.07, 6.45) is 26.7. The molecule has 9 rings (SSSR count). The van der Waals surface area contributed by atoms with Gasteiger partial charge in [-0.15, -0.1) is 0 Å². The van der Waals surface area contributed by atoms with Crippen molar-refractivity contribution >= 4 is 87.5 Å². The molecule has 0 radical (unpaired) electrons. The summed E-state index contributed by atoms with van der Waals surface area (Å²) in [6, 6.07) is 69.4. The molecule has 3 aromatic heterocycles. The fourth-order valence-corrected chi connectivity index (χ4v) is 18.7. The normalized spacial score (nSPS) is 11.7. The average molecular weight is 1320 g/mol. The van der Waals surface area contributed by atoms with Crippen molar-refractivity contribution in [2.75, 3.05) is 16.4 Å². The molecule has 0 aliphatic heterocycles. The zero-order valence-corrected chi connectivity index (χ0v) is 56.1. The molecular weight excluding hydrogens is 1230 g/mol. The van der Waals surface area contributed by atoms with E-state index in [1.165, 1.54) is 166 Å². The van der Waals surface area contributed by atoms with E-state index in [1.54, 1.807) is 0 Å². The summed E-state index contributed by atoms with van der Waals surface area (Å²) in [5.74, 6) is 0. The van der Waals surface area contributed by atoms with E-state index in [0.717, 1.165) is 56.3 Å². The van der Waals surface area contributed by atoms with Gasteiger partial charge in [0.1, 0.15) is 0 Å². The Morgan fingerprint density at radius 2 is 0.729 bits per heavy atom. The number of anilines is 6. The van der Waals surface area contributed by atoms with Crippen molar-refractivity contribution in [3.05, 3.63) is 240 Å². The Balaban J connectivity index is 0.902. The molecule has 9 aromatic rings. The van der Waals surface area contributed by atoms with E-state index < -0.39 is 0 Å². The monoisotopic (exact) mass is 1330 g/mol. The predicted octanol–water partition coefficient (Wildman–Crippen LogP) is 21.8. The van der Waals surface area contributed by atoms with Crippen molar-refractivity contribution in [1.82, 2.24) is 0 Å². The van der Waals surface area contributed by atoms with Crippen LogP contribution < -0.4 is 9.80 Å². The molecule has 0 aliphatic rings. The summed E-state index contributed by atoms with van der Waals surface area (Å²) >= 11 is 0.534. The molecule has 0 N–H and O–H groups in total. The van der Waals surface area contributed by atoms with Crippen molar-refractivity contribution in [2.24, 2.45) is 0 Å². The van der Waals surface area contributed by atoms with Crippen LogP contribution in [0.1, 0.15) is 174 Å². The Bertz CT molecular complexity index is 3350. The van der Waals surface area contributed by atoms with Crippen molar-refractivity contribution in [1.29, 1.82) is 0 Å². The van der Waals surface area contributed by atoms with E-state index in [4.69, 9.17) is 9.47 Å². The fourth-order valence-electron chi connectivity index (χ4n) is 11.1. The molecule has 442 valence electrons. The fraction of sp³-hybridized carbons (Fsp3) is 0.333. The van der Waals surface area contributed by atoms with E-state index >= 15 is 0 Å². The molecule has 4 nitrogen and oxygen atoms in total. The van der Waals surface area contributed by atoms with Gasteiger partial charge in [0.15, 0.2) is 0 Å². The maximum absolute atomic E-state index is 6.74. The molecule has 3 heterocycles. The molecule has 7 heteroatoms. The van der Waals surface area contributed by atoms with Gasteiger partial charge in [-0.25, -0.2) is 0 Å². The van der Waals surface area contributed by atoms with Crippen LogP contribution in [-0.4, -0.2) is 50.1 Å². The van der Waals surface area contributed by atoms with Gasteiger partial charge in [0.05, 0.1) is 6.61 Å². The van der Waals surface area contributed by atoms with Crippen LogP contribution >= 0.6 is 0 Å². The number of unbranched alkanes of at least 4 members (excludes halogenated alkanes) is 11. The molecule has 1 atom stereocenters. The van der Waals surface area contributed by atoms with Crippen LogP contribution in [0, 0.1) is 0 Å². The van der Waals surface area contributed by atoms with E-state index in [1.807, 2.05) is 12.2 Å². The summed E-state index contributed by atoms with van der Waals surface area (Å²) in [4.78, 5) is 5.07. The van der Waals surface area contributed by atoms with Gasteiger partial charge < -0.3 is 4.74 Å². The van der Waals surface area contributed by atoms with Crippen LogP contribution in [0.15, 0.2) is 195 Å². The van der Waals surface area contributed by atoms with Crippen molar-refractivity contribution in [3.63, 3.8) is 0 Å². The van der Waals surface area contributed by atoms with Gasteiger partial charge in [-0.1, -0.05) is 49.6 Å². The molecular formula is C78H90N2O2Se3. The van der Waals surface area contributed by atoms with Gasteiger partial charge in [-0.3, -0.25) is 0 Å². The van der Waals surface area contributed by atoms with Crippen LogP contribution in [-0.2, 0) is 41.9 Å². The molecule has 85 heavy (non-hydrogen) atoms. The first kappa shape index (κ1) is 63.8. The van der Waals surface area contributed by atoms with Crippen LogP contribution in [0.3, 0.4) is 0 Å². The number of hydrogen-bond donors (Lipinski definition) is 0. The SMILES string of the molecule is C=Cc1ccc(COCCCCCCc2ccc(N(c3ccc(CCCCCC)cc3)c3ccc(-c4ccc(-c5ccc(N(c6ccc(CCCCCC)cc6)c6ccc(C(CCCCC)OCc7ccc(C=C)cc7)cc6)[se]5)[se]4)[se]3)cc2)cc1. The van der Waals surface area contributed by atoms with Gasteiger partial charge in [0, 0.05) is 0 Å². The van der Waals surface area contributed by atoms with Crippen molar-refractivity contribution in [2.45, 2.75) is 162 Å². The largest absolute Gasteiger partial charge is 0.0561 e. The number of ether oxygens (including phenoxy) is 2. The molecule has 6 aromatic carbocycles. The first-order valence-corrected chi connectivity index (χ1v) is 36.9. The number of rotatable bonds is 37. The quantitative estimate of drug-likeness (QED) is 0.0286. The summed E-state index contributed by atoms with van der Waals surface area (Å²) in [5.41, 5.74) is 15.1. The Labute approximate surface area is 528 Å². The molecule has 0 aliphatic carbocycles. The minimum absolute atomic E-state index is 0.0384. The Kier molecular flexibility index (Phi) is 26.0. The third-order valence-corrected chi connectivity index (χ3v) is 24.5. The van der Waals surface area contributed by atoms with Crippen LogP contribution in [0.4, 0.5) is 31.9 Å². The van der Waals surface area contributed by atoms with Gasteiger partial charge in [0.2, 0.25) is 0 Å². The molecule has 0 saturated carbocycles. The van der Waals surface area contributed by atoms with E-state index in [0.29, 0.717) is 13.2 Å². The molecule has 1 unspecified atom stereocenters. The van der Waals surface area contributed by atoms with E-state index in [-0.39, 0.29) is 49.6 Å². The Morgan fingerprint density at radius 1 is 0.365 bits per heavy atom. The van der Waals surface area contributed by atoms with Gasteiger partial charge in [-0.2, -0.15) is 0 Å². The smallest absolute Gasteiger partial charge is 0.0546 e. The first-order chi connectivity index (χ1) is 41.9.